The van der Waals surface area contributed by atoms with Crippen LogP contribution in [0.15, 0.2) is 24.3 Å². The molecule has 4 heteroatoms. The Bertz CT molecular complexity index is 400. The molecule has 1 aliphatic rings. The molecule has 3 nitrogen and oxygen atoms in total. The molecular formula is C13H18N2OS. The second-order valence-electron chi connectivity index (χ2n) is 4.52. The SMILES string of the molecule is Cc1cccc(NC(=S)N2CCC(O)CC2)c1. The van der Waals surface area contributed by atoms with E-state index in [4.69, 9.17) is 12.2 Å². The van der Waals surface area contributed by atoms with Crippen molar-refractivity contribution in [2.45, 2.75) is 25.9 Å². The van der Waals surface area contributed by atoms with Crippen molar-refractivity contribution in [1.29, 1.82) is 0 Å². The maximum Gasteiger partial charge on any atom is 0.173 e. The van der Waals surface area contributed by atoms with Gasteiger partial charge in [-0.15, -0.1) is 0 Å². The van der Waals surface area contributed by atoms with Crippen LogP contribution in [0.5, 0.6) is 0 Å². The van der Waals surface area contributed by atoms with Crippen LogP contribution >= 0.6 is 12.2 Å². The zero-order valence-corrected chi connectivity index (χ0v) is 10.8. The van der Waals surface area contributed by atoms with Crippen molar-refractivity contribution in [1.82, 2.24) is 4.90 Å². The van der Waals surface area contributed by atoms with E-state index in [1.165, 1.54) is 5.56 Å². The summed E-state index contributed by atoms with van der Waals surface area (Å²) in [5.74, 6) is 0. The van der Waals surface area contributed by atoms with Crippen LogP contribution in [0.3, 0.4) is 0 Å². The van der Waals surface area contributed by atoms with Crippen molar-refractivity contribution in [2.75, 3.05) is 18.4 Å². The number of aliphatic hydroxyl groups is 1. The number of anilines is 1. The third kappa shape index (κ3) is 3.41. The number of nitrogens with one attached hydrogen (secondary N) is 1. The van der Waals surface area contributed by atoms with Gasteiger partial charge < -0.3 is 15.3 Å². The number of piperidine rings is 1. The predicted octanol–water partition coefficient (Wildman–Crippen LogP) is 2.15. The van der Waals surface area contributed by atoms with E-state index < -0.39 is 0 Å². The van der Waals surface area contributed by atoms with Gasteiger partial charge in [-0.1, -0.05) is 12.1 Å². The highest BCUT2D eigenvalue weighted by molar-refractivity contribution is 7.80. The normalized spacial score (nSPS) is 16.9. The highest BCUT2D eigenvalue weighted by atomic mass is 32.1. The van der Waals surface area contributed by atoms with Crippen LogP contribution in [0, 0.1) is 6.92 Å². The maximum atomic E-state index is 9.44. The third-order valence-electron chi connectivity index (χ3n) is 3.02. The fourth-order valence-electron chi connectivity index (χ4n) is 1.99. The first-order valence-electron chi connectivity index (χ1n) is 5.96. The lowest BCUT2D eigenvalue weighted by Crippen LogP contribution is -2.42. The summed E-state index contributed by atoms with van der Waals surface area (Å²) in [6.45, 7) is 3.73. The van der Waals surface area contributed by atoms with Gasteiger partial charge in [0.05, 0.1) is 6.10 Å². The average molecular weight is 250 g/mol. The van der Waals surface area contributed by atoms with Gasteiger partial charge in [0.15, 0.2) is 5.11 Å². The second-order valence-corrected chi connectivity index (χ2v) is 4.90. The second kappa shape index (κ2) is 5.47. The van der Waals surface area contributed by atoms with Crippen LogP contribution < -0.4 is 5.32 Å². The largest absolute Gasteiger partial charge is 0.393 e. The Kier molecular flexibility index (Phi) is 3.97. The molecule has 0 bridgehead atoms. The number of aliphatic hydroxyl groups excluding tert-OH is 1. The van der Waals surface area contributed by atoms with Gasteiger partial charge in [-0.2, -0.15) is 0 Å². The Hall–Kier alpha value is -1.13. The molecule has 17 heavy (non-hydrogen) atoms. The lowest BCUT2D eigenvalue weighted by Gasteiger charge is -2.31. The zero-order chi connectivity index (χ0) is 12.3. The molecule has 1 heterocycles. The molecule has 0 aliphatic carbocycles. The van der Waals surface area contributed by atoms with Gasteiger partial charge in [-0.05, 0) is 49.7 Å². The summed E-state index contributed by atoms with van der Waals surface area (Å²) >= 11 is 5.37. The van der Waals surface area contributed by atoms with E-state index in [9.17, 15) is 5.11 Å². The van der Waals surface area contributed by atoms with Gasteiger partial charge in [0.2, 0.25) is 0 Å². The van der Waals surface area contributed by atoms with Crippen LogP contribution in [-0.4, -0.2) is 34.3 Å². The number of aryl methyl sites for hydroxylation is 1. The topological polar surface area (TPSA) is 35.5 Å². The summed E-state index contributed by atoms with van der Waals surface area (Å²) in [7, 11) is 0. The molecule has 0 radical (unpaired) electrons. The number of rotatable bonds is 1. The minimum atomic E-state index is -0.159. The molecule has 0 spiro atoms. The van der Waals surface area contributed by atoms with Crippen molar-refractivity contribution in [3.63, 3.8) is 0 Å². The fourth-order valence-corrected chi connectivity index (χ4v) is 2.29. The van der Waals surface area contributed by atoms with Gasteiger partial charge in [-0.25, -0.2) is 0 Å². The molecule has 0 amide bonds. The molecule has 0 atom stereocenters. The van der Waals surface area contributed by atoms with Gasteiger partial charge >= 0.3 is 0 Å². The Balaban J connectivity index is 1.93. The molecule has 1 aliphatic heterocycles. The molecule has 0 aromatic heterocycles. The molecule has 1 fully saturated rings. The van der Waals surface area contributed by atoms with E-state index >= 15 is 0 Å². The summed E-state index contributed by atoms with van der Waals surface area (Å²) in [5.41, 5.74) is 2.24. The van der Waals surface area contributed by atoms with Gasteiger partial charge in [0, 0.05) is 18.8 Å². The Morgan fingerprint density at radius 2 is 2.12 bits per heavy atom. The average Bonchev–Trinajstić information content (AvgIpc) is 2.29. The number of thiocarbonyl (C=S) groups is 1. The Morgan fingerprint density at radius 1 is 1.41 bits per heavy atom. The number of hydrogen-bond donors (Lipinski definition) is 2. The summed E-state index contributed by atoms with van der Waals surface area (Å²) < 4.78 is 0. The molecule has 0 saturated carbocycles. The van der Waals surface area contributed by atoms with E-state index in [0.717, 1.165) is 36.7 Å². The van der Waals surface area contributed by atoms with Crippen LogP contribution in [0.4, 0.5) is 5.69 Å². The van der Waals surface area contributed by atoms with E-state index in [1.807, 2.05) is 12.1 Å². The van der Waals surface area contributed by atoms with Gasteiger partial charge in [-0.3, -0.25) is 0 Å². The standard InChI is InChI=1S/C13H18N2OS/c1-10-3-2-4-11(9-10)14-13(17)15-7-5-12(16)6-8-15/h2-4,9,12,16H,5-8H2,1H3,(H,14,17). The van der Waals surface area contributed by atoms with E-state index in [2.05, 4.69) is 29.3 Å². The summed E-state index contributed by atoms with van der Waals surface area (Å²) in [5, 5.41) is 13.4. The molecule has 92 valence electrons. The van der Waals surface area contributed by atoms with Crippen LogP contribution in [0.2, 0.25) is 0 Å². The Morgan fingerprint density at radius 3 is 2.76 bits per heavy atom. The minimum absolute atomic E-state index is 0.159. The summed E-state index contributed by atoms with van der Waals surface area (Å²) in [4.78, 5) is 2.12. The molecule has 1 aromatic rings. The Labute approximate surface area is 107 Å². The van der Waals surface area contributed by atoms with Gasteiger partial charge in [0.1, 0.15) is 0 Å². The quantitative estimate of drug-likeness (QED) is 0.749. The maximum absolute atomic E-state index is 9.44. The number of benzene rings is 1. The van der Waals surface area contributed by atoms with Crippen molar-refractivity contribution >= 4 is 23.0 Å². The monoisotopic (exact) mass is 250 g/mol. The number of likely N-dealkylation sites (tertiary alicyclic amines) is 1. The lowest BCUT2D eigenvalue weighted by molar-refractivity contribution is 0.110. The fraction of sp³-hybridized carbons (Fsp3) is 0.462. The molecule has 1 saturated heterocycles. The molecule has 2 rings (SSSR count). The van der Waals surface area contributed by atoms with Crippen molar-refractivity contribution < 1.29 is 5.11 Å². The lowest BCUT2D eigenvalue weighted by atomic mass is 10.1. The first kappa shape index (κ1) is 12.3. The molecule has 1 aromatic carbocycles. The predicted molar refractivity (Wildman–Crippen MR) is 74.2 cm³/mol. The first-order valence-corrected chi connectivity index (χ1v) is 6.36. The van der Waals surface area contributed by atoms with Crippen molar-refractivity contribution in [3.8, 4) is 0 Å². The van der Waals surface area contributed by atoms with E-state index in [0.29, 0.717) is 0 Å². The molecule has 0 unspecified atom stereocenters. The highest BCUT2D eigenvalue weighted by Gasteiger charge is 2.18. The molecule has 2 N–H and O–H groups in total. The van der Waals surface area contributed by atoms with E-state index in [-0.39, 0.29) is 6.10 Å². The minimum Gasteiger partial charge on any atom is -0.393 e. The zero-order valence-electron chi connectivity index (χ0n) is 10.0. The third-order valence-corrected chi connectivity index (χ3v) is 3.38. The summed E-state index contributed by atoms with van der Waals surface area (Å²) in [6, 6.07) is 8.16. The number of nitrogens with zero attached hydrogens (tertiary/aromatic N) is 1. The van der Waals surface area contributed by atoms with Crippen LogP contribution in [0.25, 0.3) is 0 Å². The van der Waals surface area contributed by atoms with Crippen molar-refractivity contribution in [2.24, 2.45) is 0 Å². The van der Waals surface area contributed by atoms with Crippen molar-refractivity contribution in [3.05, 3.63) is 29.8 Å². The molecular weight excluding hydrogens is 232 g/mol. The smallest absolute Gasteiger partial charge is 0.173 e. The number of hydrogen-bond acceptors (Lipinski definition) is 2. The first-order chi connectivity index (χ1) is 8.15. The highest BCUT2D eigenvalue weighted by Crippen LogP contribution is 2.14. The van der Waals surface area contributed by atoms with Gasteiger partial charge in [0.25, 0.3) is 0 Å². The van der Waals surface area contributed by atoms with Crippen LogP contribution in [-0.2, 0) is 0 Å². The summed E-state index contributed by atoms with van der Waals surface area (Å²) in [6.07, 6.45) is 1.44. The van der Waals surface area contributed by atoms with E-state index in [1.54, 1.807) is 0 Å². The van der Waals surface area contributed by atoms with Crippen LogP contribution in [0.1, 0.15) is 18.4 Å².